The number of carbonyl (C=O) groups excluding carboxylic acids is 2. The summed E-state index contributed by atoms with van der Waals surface area (Å²) in [7, 11) is 0. The summed E-state index contributed by atoms with van der Waals surface area (Å²) in [5.74, 6) is -0.661. The second kappa shape index (κ2) is 4.93. The molecule has 100 valence electrons. The van der Waals surface area contributed by atoms with Gasteiger partial charge in [0, 0.05) is 18.8 Å². The summed E-state index contributed by atoms with van der Waals surface area (Å²) in [6.07, 6.45) is -0.176. The number of rotatable bonds is 1. The molecule has 18 heavy (non-hydrogen) atoms. The van der Waals surface area contributed by atoms with Gasteiger partial charge in [-0.2, -0.15) is 0 Å². The maximum absolute atomic E-state index is 11.4. The molecule has 0 spiro atoms. The maximum Gasteiger partial charge on any atom is 0.226 e. The molecule has 3 fully saturated rings. The highest BCUT2D eigenvalue weighted by Gasteiger charge is 2.44. The Morgan fingerprint density at radius 1 is 0.944 bits per heavy atom. The number of hydrogen-bond donors (Lipinski definition) is 1. The minimum absolute atomic E-state index is 0.144. The van der Waals surface area contributed by atoms with Crippen molar-refractivity contribution >= 4 is 11.8 Å². The Balaban J connectivity index is 1.73. The van der Waals surface area contributed by atoms with Gasteiger partial charge in [0.2, 0.25) is 11.8 Å². The van der Waals surface area contributed by atoms with E-state index in [1.165, 1.54) is 0 Å². The van der Waals surface area contributed by atoms with Gasteiger partial charge in [0.1, 0.15) is 25.8 Å². The van der Waals surface area contributed by atoms with Crippen molar-refractivity contribution in [1.29, 1.82) is 0 Å². The Bertz CT molecular complexity index is 341. The lowest BCUT2D eigenvalue weighted by Crippen LogP contribution is -2.57. The van der Waals surface area contributed by atoms with Crippen LogP contribution in [0.25, 0.3) is 0 Å². The van der Waals surface area contributed by atoms with E-state index in [0.29, 0.717) is 6.61 Å². The lowest BCUT2D eigenvalue weighted by Gasteiger charge is -2.43. The summed E-state index contributed by atoms with van der Waals surface area (Å²) in [5, 5.41) is 2.29. The zero-order valence-corrected chi connectivity index (χ0v) is 9.79. The molecular formula is C11H15NO6. The lowest BCUT2D eigenvalue weighted by molar-refractivity contribution is -0.309. The van der Waals surface area contributed by atoms with Gasteiger partial charge in [0.15, 0.2) is 0 Å². The number of piperidine rings is 1. The molecule has 7 heteroatoms. The average molecular weight is 257 g/mol. The van der Waals surface area contributed by atoms with Crippen molar-refractivity contribution in [3.8, 4) is 0 Å². The van der Waals surface area contributed by atoms with Gasteiger partial charge < -0.3 is 18.9 Å². The Labute approximate surface area is 104 Å². The zero-order chi connectivity index (χ0) is 12.5. The summed E-state index contributed by atoms with van der Waals surface area (Å²) in [4.78, 5) is 22.8. The van der Waals surface area contributed by atoms with Gasteiger partial charge in [-0.25, -0.2) is 0 Å². The number of carbonyl (C=O) groups is 2. The standard InChI is InChI=1S/C11H15NO6/c13-8-1-6(2-9(14)12-8)10-11-7(16-5-18-10)3-15-4-17-11/h6-7,10-11H,1-5H2,(H,12,13,14). The van der Waals surface area contributed by atoms with Gasteiger partial charge in [0.25, 0.3) is 0 Å². The van der Waals surface area contributed by atoms with Crippen molar-refractivity contribution in [2.75, 3.05) is 20.2 Å². The van der Waals surface area contributed by atoms with Crippen LogP contribution in [0.1, 0.15) is 12.8 Å². The summed E-state index contributed by atoms with van der Waals surface area (Å²) in [6, 6.07) is 0. The van der Waals surface area contributed by atoms with E-state index in [0.717, 1.165) is 0 Å². The van der Waals surface area contributed by atoms with Crippen LogP contribution in [0.4, 0.5) is 0 Å². The molecule has 7 nitrogen and oxygen atoms in total. The summed E-state index contributed by atoms with van der Waals surface area (Å²) in [5.41, 5.74) is 0. The summed E-state index contributed by atoms with van der Waals surface area (Å²) in [6.45, 7) is 0.791. The molecule has 0 aromatic heterocycles. The molecule has 0 bridgehead atoms. The monoisotopic (exact) mass is 257 g/mol. The molecule has 0 saturated carbocycles. The van der Waals surface area contributed by atoms with E-state index in [4.69, 9.17) is 18.9 Å². The first kappa shape index (κ1) is 12.0. The van der Waals surface area contributed by atoms with Crippen molar-refractivity contribution in [2.24, 2.45) is 5.92 Å². The number of ether oxygens (including phenoxy) is 4. The highest BCUT2D eigenvalue weighted by molar-refractivity contribution is 5.97. The third-order valence-corrected chi connectivity index (χ3v) is 3.50. The fraction of sp³-hybridized carbons (Fsp3) is 0.818. The van der Waals surface area contributed by atoms with Crippen LogP contribution in [-0.2, 0) is 28.5 Å². The van der Waals surface area contributed by atoms with Gasteiger partial charge in [-0.15, -0.1) is 0 Å². The Morgan fingerprint density at radius 3 is 2.44 bits per heavy atom. The molecule has 3 atom stereocenters. The summed E-state index contributed by atoms with van der Waals surface area (Å²) >= 11 is 0. The fourth-order valence-corrected chi connectivity index (χ4v) is 2.69. The summed E-state index contributed by atoms with van der Waals surface area (Å²) < 4.78 is 21.6. The van der Waals surface area contributed by atoms with Crippen LogP contribution < -0.4 is 5.32 Å². The van der Waals surface area contributed by atoms with Crippen molar-refractivity contribution in [1.82, 2.24) is 5.32 Å². The van der Waals surface area contributed by atoms with E-state index in [9.17, 15) is 9.59 Å². The smallest absolute Gasteiger partial charge is 0.226 e. The van der Waals surface area contributed by atoms with Gasteiger partial charge in [-0.05, 0) is 0 Å². The first-order valence-electron chi connectivity index (χ1n) is 5.99. The minimum atomic E-state index is -0.289. The molecule has 3 rings (SSSR count). The molecular weight excluding hydrogens is 242 g/mol. The normalized spacial score (nSPS) is 38.1. The third kappa shape index (κ3) is 2.26. The van der Waals surface area contributed by atoms with E-state index < -0.39 is 0 Å². The molecule has 1 N–H and O–H groups in total. The number of nitrogens with one attached hydrogen (secondary N) is 1. The molecule has 3 unspecified atom stereocenters. The van der Waals surface area contributed by atoms with Crippen molar-refractivity contribution in [3.05, 3.63) is 0 Å². The average Bonchev–Trinajstić information content (AvgIpc) is 2.37. The number of hydrogen-bond acceptors (Lipinski definition) is 6. The predicted octanol–water partition coefficient (Wildman–Crippen LogP) is -0.846. The maximum atomic E-state index is 11.4. The van der Waals surface area contributed by atoms with Gasteiger partial charge in [-0.3, -0.25) is 14.9 Å². The highest BCUT2D eigenvalue weighted by atomic mass is 16.7. The zero-order valence-electron chi connectivity index (χ0n) is 9.79. The molecule has 2 amide bonds. The van der Waals surface area contributed by atoms with E-state index in [1.54, 1.807) is 0 Å². The van der Waals surface area contributed by atoms with Crippen LogP contribution in [0.3, 0.4) is 0 Å². The number of fused-ring (bicyclic) bond motifs is 1. The SMILES string of the molecule is O=C1CC(C2OCOC3COCOC32)CC(=O)N1. The molecule has 3 heterocycles. The number of imide groups is 1. The van der Waals surface area contributed by atoms with Crippen LogP contribution in [0, 0.1) is 5.92 Å². The van der Waals surface area contributed by atoms with Crippen molar-refractivity contribution in [3.63, 3.8) is 0 Å². The first-order chi connectivity index (χ1) is 8.74. The van der Waals surface area contributed by atoms with Gasteiger partial charge in [0.05, 0.1) is 12.7 Å². The topological polar surface area (TPSA) is 83.1 Å². The molecule has 0 radical (unpaired) electrons. The van der Waals surface area contributed by atoms with Crippen LogP contribution >= 0.6 is 0 Å². The van der Waals surface area contributed by atoms with Gasteiger partial charge >= 0.3 is 0 Å². The Hall–Kier alpha value is -1.02. The van der Waals surface area contributed by atoms with E-state index >= 15 is 0 Å². The minimum Gasteiger partial charge on any atom is -0.353 e. The van der Waals surface area contributed by atoms with Crippen LogP contribution in [0.15, 0.2) is 0 Å². The van der Waals surface area contributed by atoms with E-state index in [-0.39, 0.29) is 62.5 Å². The Morgan fingerprint density at radius 2 is 1.67 bits per heavy atom. The van der Waals surface area contributed by atoms with Crippen molar-refractivity contribution < 1.29 is 28.5 Å². The van der Waals surface area contributed by atoms with Crippen LogP contribution in [0.2, 0.25) is 0 Å². The van der Waals surface area contributed by atoms with Crippen LogP contribution in [-0.4, -0.2) is 50.3 Å². The molecule has 3 aliphatic rings. The third-order valence-electron chi connectivity index (χ3n) is 3.50. The first-order valence-corrected chi connectivity index (χ1v) is 5.99. The van der Waals surface area contributed by atoms with Crippen LogP contribution in [0.5, 0.6) is 0 Å². The van der Waals surface area contributed by atoms with Crippen molar-refractivity contribution in [2.45, 2.75) is 31.2 Å². The predicted molar refractivity (Wildman–Crippen MR) is 56.2 cm³/mol. The molecule has 3 aliphatic heterocycles. The second-order valence-corrected chi connectivity index (χ2v) is 4.71. The fourth-order valence-electron chi connectivity index (χ4n) is 2.69. The van der Waals surface area contributed by atoms with E-state index in [1.807, 2.05) is 0 Å². The lowest BCUT2D eigenvalue weighted by atomic mass is 9.86. The highest BCUT2D eigenvalue weighted by Crippen LogP contribution is 2.30. The molecule has 0 aromatic rings. The molecule has 3 saturated heterocycles. The molecule has 0 aliphatic carbocycles. The number of amides is 2. The quantitative estimate of drug-likeness (QED) is 0.616. The second-order valence-electron chi connectivity index (χ2n) is 4.71. The largest absolute Gasteiger partial charge is 0.353 e. The van der Waals surface area contributed by atoms with E-state index in [2.05, 4.69) is 5.32 Å². The van der Waals surface area contributed by atoms with Gasteiger partial charge in [-0.1, -0.05) is 0 Å². The molecule has 0 aromatic carbocycles. The Kier molecular flexibility index (Phi) is 3.29.